The SMILES string of the molecule is CC(C)c1ccc(/C=C/[C@H](C)O)cc1. The second-order valence-corrected chi connectivity index (χ2v) is 3.92. The van der Waals surface area contributed by atoms with Gasteiger partial charge in [-0.1, -0.05) is 50.3 Å². The van der Waals surface area contributed by atoms with Gasteiger partial charge >= 0.3 is 0 Å². The zero-order chi connectivity index (χ0) is 10.6. The van der Waals surface area contributed by atoms with E-state index in [1.165, 1.54) is 5.56 Å². The topological polar surface area (TPSA) is 20.2 Å². The van der Waals surface area contributed by atoms with E-state index in [-0.39, 0.29) is 6.10 Å². The molecule has 1 heteroatoms. The molecule has 1 atom stereocenters. The molecule has 0 aliphatic carbocycles. The predicted molar refractivity (Wildman–Crippen MR) is 61.2 cm³/mol. The summed E-state index contributed by atoms with van der Waals surface area (Å²) in [5.74, 6) is 0.574. The monoisotopic (exact) mass is 190 g/mol. The van der Waals surface area contributed by atoms with Gasteiger partial charge in [0, 0.05) is 0 Å². The first-order valence-electron chi connectivity index (χ1n) is 5.06. The quantitative estimate of drug-likeness (QED) is 0.776. The number of aliphatic hydroxyl groups is 1. The molecule has 0 saturated carbocycles. The van der Waals surface area contributed by atoms with Crippen molar-refractivity contribution >= 4 is 6.08 Å². The molecular weight excluding hydrogens is 172 g/mol. The summed E-state index contributed by atoms with van der Waals surface area (Å²) in [6.45, 7) is 6.11. The molecule has 0 amide bonds. The van der Waals surface area contributed by atoms with Crippen molar-refractivity contribution in [3.63, 3.8) is 0 Å². The lowest BCUT2D eigenvalue weighted by molar-refractivity contribution is 0.245. The van der Waals surface area contributed by atoms with Crippen LogP contribution in [0.2, 0.25) is 0 Å². The molecule has 0 spiro atoms. The first-order valence-corrected chi connectivity index (χ1v) is 5.06. The Balaban J connectivity index is 2.73. The van der Waals surface area contributed by atoms with Gasteiger partial charge in [-0.3, -0.25) is 0 Å². The van der Waals surface area contributed by atoms with Crippen LogP contribution in [0, 0.1) is 0 Å². The minimum atomic E-state index is -0.375. The molecular formula is C13H18O. The Bertz CT molecular complexity index is 294. The van der Waals surface area contributed by atoms with Crippen LogP contribution in [0.25, 0.3) is 6.08 Å². The Morgan fingerprint density at radius 1 is 1.07 bits per heavy atom. The molecule has 0 aliphatic rings. The van der Waals surface area contributed by atoms with Gasteiger partial charge in [0.05, 0.1) is 6.10 Å². The Hall–Kier alpha value is -1.08. The largest absolute Gasteiger partial charge is 0.389 e. The van der Waals surface area contributed by atoms with Crippen LogP contribution in [-0.4, -0.2) is 11.2 Å². The molecule has 1 aromatic rings. The van der Waals surface area contributed by atoms with Gasteiger partial charge in [0.1, 0.15) is 0 Å². The van der Waals surface area contributed by atoms with Crippen molar-refractivity contribution in [2.45, 2.75) is 32.8 Å². The summed E-state index contributed by atoms with van der Waals surface area (Å²) >= 11 is 0. The third-order valence-corrected chi connectivity index (χ3v) is 2.17. The highest BCUT2D eigenvalue weighted by Crippen LogP contribution is 2.15. The Labute approximate surface area is 86.1 Å². The van der Waals surface area contributed by atoms with Crippen LogP contribution in [0.4, 0.5) is 0 Å². The molecule has 0 fully saturated rings. The van der Waals surface area contributed by atoms with Crippen molar-refractivity contribution in [3.05, 3.63) is 41.5 Å². The van der Waals surface area contributed by atoms with Gasteiger partial charge in [-0.2, -0.15) is 0 Å². The summed E-state index contributed by atoms with van der Waals surface area (Å²) in [4.78, 5) is 0. The van der Waals surface area contributed by atoms with Gasteiger partial charge in [-0.15, -0.1) is 0 Å². The van der Waals surface area contributed by atoms with Gasteiger partial charge in [0.2, 0.25) is 0 Å². The third kappa shape index (κ3) is 3.35. The maximum atomic E-state index is 9.07. The number of hydrogen-bond acceptors (Lipinski definition) is 1. The lowest BCUT2D eigenvalue weighted by Crippen LogP contribution is -1.91. The number of aliphatic hydroxyl groups excluding tert-OH is 1. The highest BCUT2D eigenvalue weighted by molar-refractivity contribution is 5.50. The van der Waals surface area contributed by atoms with Crippen LogP contribution < -0.4 is 0 Å². The zero-order valence-electron chi connectivity index (χ0n) is 9.07. The summed E-state index contributed by atoms with van der Waals surface area (Å²) in [6.07, 6.45) is 3.35. The van der Waals surface area contributed by atoms with E-state index >= 15 is 0 Å². The molecule has 0 bridgehead atoms. The molecule has 0 radical (unpaired) electrons. The van der Waals surface area contributed by atoms with Gasteiger partial charge in [-0.25, -0.2) is 0 Å². The van der Waals surface area contributed by atoms with E-state index in [0.29, 0.717) is 5.92 Å². The van der Waals surface area contributed by atoms with Gasteiger partial charge in [-0.05, 0) is 24.0 Å². The Morgan fingerprint density at radius 2 is 1.64 bits per heavy atom. The fraction of sp³-hybridized carbons (Fsp3) is 0.385. The molecule has 1 nitrogen and oxygen atoms in total. The second-order valence-electron chi connectivity index (χ2n) is 3.92. The fourth-order valence-corrected chi connectivity index (χ4v) is 1.24. The van der Waals surface area contributed by atoms with E-state index in [4.69, 9.17) is 5.11 Å². The van der Waals surface area contributed by atoms with Gasteiger partial charge < -0.3 is 5.11 Å². The maximum absolute atomic E-state index is 9.07. The minimum Gasteiger partial charge on any atom is -0.389 e. The summed E-state index contributed by atoms with van der Waals surface area (Å²) in [6, 6.07) is 8.42. The number of hydrogen-bond donors (Lipinski definition) is 1. The van der Waals surface area contributed by atoms with Crippen molar-refractivity contribution in [1.82, 2.24) is 0 Å². The highest BCUT2D eigenvalue weighted by atomic mass is 16.3. The number of benzene rings is 1. The minimum absolute atomic E-state index is 0.375. The van der Waals surface area contributed by atoms with E-state index in [1.807, 2.05) is 6.08 Å². The molecule has 0 unspecified atom stereocenters. The smallest absolute Gasteiger partial charge is 0.0696 e. The molecule has 1 N–H and O–H groups in total. The molecule has 0 saturated heterocycles. The lowest BCUT2D eigenvalue weighted by atomic mass is 10.0. The molecule has 0 heterocycles. The van der Waals surface area contributed by atoms with Crippen LogP contribution in [0.5, 0.6) is 0 Å². The van der Waals surface area contributed by atoms with Crippen LogP contribution in [0.15, 0.2) is 30.3 Å². The highest BCUT2D eigenvalue weighted by Gasteiger charge is 1.97. The average Bonchev–Trinajstić information content (AvgIpc) is 2.15. The lowest BCUT2D eigenvalue weighted by Gasteiger charge is -2.04. The summed E-state index contributed by atoms with van der Waals surface area (Å²) in [7, 11) is 0. The predicted octanol–water partition coefficient (Wildman–Crippen LogP) is 3.20. The van der Waals surface area contributed by atoms with Crippen LogP contribution in [0.3, 0.4) is 0 Å². The molecule has 1 rings (SSSR count). The van der Waals surface area contributed by atoms with Crippen molar-refractivity contribution in [2.75, 3.05) is 0 Å². The molecule has 0 aromatic heterocycles. The van der Waals surface area contributed by atoms with Crippen molar-refractivity contribution in [2.24, 2.45) is 0 Å². The van der Waals surface area contributed by atoms with Crippen molar-refractivity contribution < 1.29 is 5.11 Å². The third-order valence-electron chi connectivity index (χ3n) is 2.17. The second kappa shape index (κ2) is 4.97. The summed E-state index contributed by atoms with van der Waals surface area (Å²) in [5.41, 5.74) is 2.48. The van der Waals surface area contributed by atoms with Gasteiger partial charge in [0.15, 0.2) is 0 Å². The van der Waals surface area contributed by atoms with Crippen LogP contribution >= 0.6 is 0 Å². The Kier molecular flexibility index (Phi) is 3.90. The van der Waals surface area contributed by atoms with E-state index < -0.39 is 0 Å². The van der Waals surface area contributed by atoms with E-state index in [2.05, 4.69) is 38.1 Å². The molecule has 1 aromatic carbocycles. The standard InChI is InChI=1S/C13H18O/c1-10(2)13-8-6-12(7-9-13)5-4-11(3)14/h4-11,14H,1-3H3/b5-4+/t11-/m0/s1. The van der Waals surface area contributed by atoms with Crippen molar-refractivity contribution in [3.8, 4) is 0 Å². The van der Waals surface area contributed by atoms with E-state index in [9.17, 15) is 0 Å². The first-order chi connectivity index (χ1) is 6.59. The molecule has 14 heavy (non-hydrogen) atoms. The average molecular weight is 190 g/mol. The van der Waals surface area contributed by atoms with Crippen LogP contribution in [-0.2, 0) is 0 Å². The van der Waals surface area contributed by atoms with Crippen molar-refractivity contribution in [1.29, 1.82) is 0 Å². The summed E-state index contributed by atoms with van der Waals surface area (Å²) in [5, 5.41) is 9.07. The number of rotatable bonds is 3. The normalized spacial score (nSPS) is 13.8. The maximum Gasteiger partial charge on any atom is 0.0696 e. The first kappa shape index (κ1) is 11.0. The summed E-state index contributed by atoms with van der Waals surface area (Å²) < 4.78 is 0. The zero-order valence-corrected chi connectivity index (χ0v) is 9.07. The van der Waals surface area contributed by atoms with Crippen LogP contribution in [0.1, 0.15) is 37.8 Å². The van der Waals surface area contributed by atoms with E-state index in [1.54, 1.807) is 13.0 Å². The molecule has 0 aliphatic heterocycles. The van der Waals surface area contributed by atoms with Gasteiger partial charge in [0.25, 0.3) is 0 Å². The van der Waals surface area contributed by atoms with E-state index in [0.717, 1.165) is 5.56 Å². The Morgan fingerprint density at radius 3 is 2.07 bits per heavy atom. The fourth-order valence-electron chi connectivity index (χ4n) is 1.24. The molecule has 76 valence electrons.